The quantitative estimate of drug-likeness (QED) is 0.555. The Hall–Kier alpha value is -4.07. The zero-order valence-corrected chi connectivity index (χ0v) is 16.2. The predicted molar refractivity (Wildman–Crippen MR) is 108 cm³/mol. The lowest BCUT2D eigenvalue weighted by molar-refractivity contribution is -0.119. The third-order valence-electron chi connectivity index (χ3n) is 4.06. The maximum absolute atomic E-state index is 12.3. The summed E-state index contributed by atoms with van der Waals surface area (Å²) in [6, 6.07) is 17.0. The maximum atomic E-state index is 12.3. The molecule has 0 saturated carbocycles. The van der Waals surface area contributed by atoms with E-state index in [2.05, 4.69) is 10.6 Å². The summed E-state index contributed by atoms with van der Waals surface area (Å²) in [5.41, 5.74) is 1.44. The van der Waals surface area contributed by atoms with Crippen LogP contribution in [0, 0.1) is 0 Å². The largest absolute Gasteiger partial charge is 0.489 e. The van der Waals surface area contributed by atoms with E-state index in [-0.39, 0.29) is 18.3 Å². The van der Waals surface area contributed by atoms with Crippen molar-refractivity contribution in [3.05, 3.63) is 83.8 Å². The van der Waals surface area contributed by atoms with Crippen molar-refractivity contribution in [3.8, 4) is 5.75 Å². The van der Waals surface area contributed by atoms with E-state index in [1.54, 1.807) is 42.5 Å². The number of hydrogen-bond donors (Lipinski definition) is 2. The van der Waals surface area contributed by atoms with Crippen LogP contribution in [0.3, 0.4) is 0 Å². The highest BCUT2D eigenvalue weighted by Gasteiger charge is 2.19. The Balaban J connectivity index is 1.50. The lowest BCUT2D eigenvalue weighted by atomic mass is 10.2. The summed E-state index contributed by atoms with van der Waals surface area (Å²) < 4.78 is 15.8. The molecule has 0 saturated heterocycles. The van der Waals surface area contributed by atoms with Crippen LogP contribution in [0.2, 0.25) is 0 Å². The van der Waals surface area contributed by atoms with Crippen molar-refractivity contribution in [2.75, 3.05) is 19.0 Å². The molecule has 8 heteroatoms. The summed E-state index contributed by atoms with van der Waals surface area (Å²) in [7, 11) is 1.53. The lowest BCUT2D eigenvalue weighted by Crippen LogP contribution is -2.21. The molecule has 154 valence electrons. The fourth-order valence-electron chi connectivity index (χ4n) is 2.55. The molecule has 8 nitrogen and oxygen atoms in total. The standard InChI is InChI=1S/C22H20N2O6/c1-23-21(26)15-7-9-17(10-8-15)24-19(25)14-30-22(27)20-16(11-12-28-20)13-29-18-5-3-2-4-6-18/h2-12H,13-14H2,1H3,(H,23,26)(H,24,25). The molecule has 0 aliphatic rings. The molecular weight excluding hydrogens is 388 g/mol. The average molecular weight is 408 g/mol. The second-order valence-corrected chi connectivity index (χ2v) is 6.16. The molecule has 0 unspecified atom stereocenters. The highest BCUT2D eigenvalue weighted by molar-refractivity contribution is 5.97. The number of hydrogen-bond acceptors (Lipinski definition) is 6. The third kappa shape index (κ3) is 5.48. The van der Waals surface area contributed by atoms with E-state index in [1.165, 1.54) is 13.3 Å². The molecule has 0 aliphatic carbocycles. The van der Waals surface area contributed by atoms with Crippen LogP contribution in [0.5, 0.6) is 5.75 Å². The Bertz CT molecular complexity index is 1010. The van der Waals surface area contributed by atoms with Gasteiger partial charge in [-0.1, -0.05) is 18.2 Å². The number of esters is 1. The molecule has 1 aromatic heterocycles. The molecule has 0 bridgehead atoms. The molecule has 30 heavy (non-hydrogen) atoms. The van der Waals surface area contributed by atoms with E-state index >= 15 is 0 Å². The van der Waals surface area contributed by atoms with Crippen molar-refractivity contribution in [2.24, 2.45) is 0 Å². The molecule has 2 amide bonds. The van der Waals surface area contributed by atoms with E-state index < -0.39 is 18.5 Å². The Labute approximate surface area is 172 Å². The van der Waals surface area contributed by atoms with Crippen LogP contribution in [0.1, 0.15) is 26.5 Å². The molecule has 2 N–H and O–H groups in total. The monoisotopic (exact) mass is 408 g/mol. The van der Waals surface area contributed by atoms with Crippen LogP contribution in [0.15, 0.2) is 71.3 Å². The van der Waals surface area contributed by atoms with Gasteiger partial charge in [-0.3, -0.25) is 9.59 Å². The minimum absolute atomic E-state index is 0.0198. The van der Waals surface area contributed by atoms with Gasteiger partial charge in [0.05, 0.1) is 6.26 Å². The van der Waals surface area contributed by atoms with Gasteiger partial charge >= 0.3 is 5.97 Å². The first-order chi connectivity index (χ1) is 14.6. The summed E-state index contributed by atoms with van der Waals surface area (Å²) in [5, 5.41) is 5.09. The van der Waals surface area contributed by atoms with Gasteiger partial charge in [0, 0.05) is 23.9 Å². The number of amides is 2. The summed E-state index contributed by atoms with van der Waals surface area (Å²) in [6.07, 6.45) is 1.36. The fraction of sp³-hybridized carbons (Fsp3) is 0.136. The van der Waals surface area contributed by atoms with Crippen molar-refractivity contribution in [1.82, 2.24) is 5.32 Å². The van der Waals surface area contributed by atoms with Crippen molar-refractivity contribution < 1.29 is 28.3 Å². The number of anilines is 1. The average Bonchev–Trinajstić information content (AvgIpc) is 3.25. The van der Waals surface area contributed by atoms with E-state index in [0.29, 0.717) is 22.6 Å². The van der Waals surface area contributed by atoms with Crippen LogP contribution in [0.4, 0.5) is 5.69 Å². The summed E-state index contributed by atoms with van der Waals surface area (Å²) in [6.45, 7) is -0.370. The lowest BCUT2D eigenvalue weighted by Gasteiger charge is -2.08. The maximum Gasteiger partial charge on any atom is 0.375 e. The van der Waals surface area contributed by atoms with Crippen molar-refractivity contribution >= 4 is 23.5 Å². The molecule has 0 aliphatic heterocycles. The molecule has 3 aromatic rings. The predicted octanol–water partition coefficient (Wildman–Crippen LogP) is 3.01. The SMILES string of the molecule is CNC(=O)c1ccc(NC(=O)COC(=O)c2occc2COc2ccccc2)cc1. The smallest absolute Gasteiger partial charge is 0.375 e. The van der Waals surface area contributed by atoms with Gasteiger partial charge in [0.25, 0.3) is 11.8 Å². The first-order valence-electron chi connectivity index (χ1n) is 9.10. The van der Waals surface area contributed by atoms with Crippen LogP contribution < -0.4 is 15.4 Å². The van der Waals surface area contributed by atoms with Crippen LogP contribution in [-0.2, 0) is 16.1 Å². The Morgan fingerprint density at radius 1 is 0.967 bits per heavy atom. The molecule has 0 atom stereocenters. The number of ether oxygens (including phenoxy) is 2. The molecule has 2 aromatic carbocycles. The first-order valence-corrected chi connectivity index (χ1v) is 9.10. The number of nitrogens with one attached hydrogen (secondary N) is 2. The van der Waals surface area contributed by atoms with Gasteiger partial charge in [-0.05, 0) is 42.5 Å². The highest BCUT2D eigenvalue weighted by atomic mass is 16.5. The summed E-state index contributed by atoms with van der Waals surface area (Å²) in [4.78, 5) is 35.8. The number of furan rings is 1. The van der Waals surface area contributed by atoms with Gasteiger partial charge in [-0.2, -0.15) is 0 Å². The van der Waals surface area contributed by atoms with E-state index in [0.717, 1.165) is 0 Å². The number of para-hydroxylation sites is 1. The molecule has 0 fully saturated rings. The van der Waals surface area contributed by atoms with Gasteiger partial charge in [-0.25, -0.2) is 4.79 Å². The van der Waals surface area contributed by atoms with Gasteiger partial charge in [-0.15, -0.1) is 0 Å². The molecule has 3 rings (SSSR count). The second kappa shape index (κ2) is 9.92. The van der Waals surface area contributed by atoms with Gasteiger partial charge < -0.3 is 24.5 Å². The van der Waals surface area contributed by atoms with E-state index in [1.807, 2.05) is 18.2 Å². The Morgan fingerprint density at radius 2 is 1.70 bits per heavy atom. The van der Waals surface area contributed by atoms with Crippen LogP contribution >= 0.6 is 0 Å². The molecule has 1 heterocycles. The van der Waals surface area contributed by atoms with Gasteiger partial charge in [0.1, 0.15) is 12.4 Å². The topological polar surface area (TPSA) is 107 Å². The van der Waals surface area contributed by atoms with E-state index in [4.69, 9.17) is 13.9 Å². The summed E-state index contributed by atoms with van der Waals surface area (Å²) in [5.74, 6) is -0.887. The van der Waals surface area contributed by atoms with Crippen molar-refractivity contribution in [2.45, 2.75) is 6.61 Å². The number of benzene rings is 2. The fourth-order valence-corrected chi connectivity index (χ4v) is 2.55. The number of carbonyl (C=O) groups excluding carboxylic acids is 3. The first kappa shape index (κ1) is 20.7. The minimum atomic E-state index is -0.767. The summed E-state index contributed by atoms with van der Waals surface area (Å²) >= 11 is 0. The van der Waals surface area contributed by atoms with Crippen molar-refractivity contribution in [3.63, 3.8) is 0 Å². The number of carbonyl (C=O) groups is 3. The van der Waals surface area contributed by atoms with Gasteiger partial charge in [0.2, 0.25) is 5.76 Å². The van der Waals surface area contributed by atoms with E-state index in [9.17, 15) is 14.4 Å². The molecule has 0 radical (unpaired) electrons. The Kier molecular flexibility index (Phi) is 6.83. The number of rotatable bonds is 8. The normalized spacial score (nSPS) is 10.2. The van der Waals surface area contributed by atoms with Crippen molar-refractivity contribution in [1.29, 1.82) is 0 Å². The van der Waals surface area contributed by atoms with Gasteiger partial charge in [0.15, 0.2) is 6.61 Å². The van der Waals surface area contributed by atoms with Crippen LogP contribution in [0.25, 0.3) is 0 Å². The highest BCUT2D eigenvalue weighted by Crippen LogP contribution is 2.17. The zero-order chi connectivity index (χ0) is 21.3. The van der Waals surface area contributed by atoms with Crippen LogP contribution in [-0.4, -0.2) is 31.4 Å². The second-order valence-electron chi connectivity index (χ2n) is 6.16. The minimum Gasteiger partial charge on any atom is -0.489 e. The molecular formula is C22H20N2O6. The Morgan fingerprint density at radius 3 is 2.40 bits per heavy atom. The molecule has 0 spiro atoms. The zero-order valence-electron chi connectivity index (χ0n) is 16.2. The third-order valence-corrected chi connectivity index (χ3v) is 4.06.